The lowest BCUT2D eigenvalue weighted by Gasteiger charge is -2.05. The Balaban J connectivity index is 2.98. The van der Waals surface area contributed by atoms with Gasteiger partial charge in [-0.05, 0) is 30.5 Å². The van der Waals surface area contributed by atoms with Crippen molar-refractivity contribution in [3.05, 3.63) is 34.9 Å². The molecule has 16 heavy (non-hydrogen) atoms. The average Bonchev–Trinajstić information content (AvgIpc) is 2.35. The molecule has 0 saturated heterocycles. The molecule has 0 heterocycles. The van der Waals surface area contributed by atoms with Crippen LogP contribution in [-0.4, -0.2) is 18.4 Å². The first-order valence-corrected chi connectivity index (χ1v) is 6.02. The zero-order valence-electron chi connectivity index (χ0n) is 9.00. The number of nitriles is 1. The number of aryl methyl sites for hydroxylation is 1. The molecule has 0 aliphatic heterocycles. The third-order valence-corrected chi connectivity index (χ3v) is 2.79. The largest absolute Gasteiger partial charge is 0.465 e. The summed E-state index contributed by atoms with van der Waals surface area (Å²) in [5, 5.41) is 9.88. The van der Waals surface area contributed by atoms with Crippen LogP contribution in [0.15, 0.2) is 18.2 Å². The number of ether oxygens (including phenoxy) is 1. The van der Waals surface area contributed by atoms with E-state index in [-0.39, 0.29) is 0 Å². The molecule has 0 amide bonds. The molecule has 0 aromatic heterocycles. The van der Waals surface area contributed by atoms with Crippen molar-refractivity contribution in [3.63, 3.8) is 0 Å². The second-order valence-corrected chi connectivity index (χ2v) is 4.06. The molecule has 0 radical (unpaired) electrons. The summed E-state index contributed by atoms with van der Waals surface area (Å²) in [5.74, 6) is -0.413. The Morgan fingerprint density at radius 3 is 2.88 bits per heavy atom. The quantitative estimate of drug-likeness (QED) is 0.630. The van der Waals surface area contributed by atoms with Crippen LogP contribution >= 0.6 is 15.9 Å². The first-order chi connectivity index (χ1) is 7.72. The van der Waals surface area contributed by atoms with E-state index in [0.29, 0.717) is 11.1 Å². The van der Waals surface area contributed by atoms with Crippen molar-refractivity contribution >= 4 is 21.9 Å². The summed E-state index contributed by atoms with van der Waals surface area (Å²) in [6, 6.07) is 7.18. The van der Waals surface area contributed by atoms with Crippen molar-refractivity contribution in [2.45, 2.75) is 12.8 Å². The van der Waals surface area contributed by atoms with E-state index in [1.165, 1.54) is 7.11 Å². The van der Waals surface area contributed by atoms with Gasteiger partial charge in [-0.3, -0.25) is 0 Å². The minimum Gasteiger partial charge on any atom is -0.465 e. The van der Waals surface area contributed by atoms with Gasteiger partial charge < -0.3 is 4.74 Å². The molecule has 0 saturated carbocycles. The highest BCUT2D eigenvalue weighted by molar-refractivity contribution is 9.09. The van der Waals surface area contributed by atoms with Gasteiger partial charge in [0.2, 0.25) is 0 Å². The fourth-order valence-corrected chi connectivity index (χ4v) is 1.68. The van der Waals surface area contributed by atoms with E-state index >= 15 is 0 Å². The highest BCUT2D eigenvalue weighted by Crippen LogP contribution is 2.14. The van der Waals surface area contributed by atoms with Gasteiger partial charge in [0.05, 0.1) is 24.3 Å². The summed E-state index contributed by atoms with van der Waals surface area (Å²) < 4.78 is 4.60. The minimum absolute atomic E-state index is 0.413. The zero-order valence-corrected chi connectivity index (χ0v) is 10.6. The Morgan fingerprint density at radius 1 is 1.56 bits per heavy atom. The molecule has 0 spiro atoms. The van der Waals surface area contributed by atoms with E-state index < -0.39 is 5.97 Å². The second kappa shape index (κ2) is 6.29. The van der Waals surface area contributed by atoms with Gasteiger partial charge in [-0.25, -0.2) is 4.79 Å². The molecule has 1 aromatic rings. The van der Waals surface area contributed by atoms with E-state index in [4.69, 9.17) is 5.26 Å². The molecule has 0 fully saturated rings. The number of carbonyl (C=O) groups is 1. The maximum absolute atomic E-state index is 11.3. The van der Waals surface area contributed by atoms with Crippen LogP contribution < -0.4 is 0 Å². The smallest absolute Gasteiger partial charge is 0.337 e. The second-order valence-electron chi connectivity index (χ2n) is 3.27. The number of nitrogens with zero attached hydrogens (tertiary/aromatic N) is 1. The van der Waals surface area contributed by atoms with Crippen LogP contribution in [0.5, 0.6) is 0 Å². The summed E-state index contributed by atoms with van der Waals surface area (Å²) in [4.78, 5) is 11.3. The summed E-state index contributed by atoms with van der Waals surface area (Å²) in [7, 11) is 1.33. The summed E-state index contributed by atoms with van der Waals surface area (Å²) in [6.07, 6.45) is 1.79. The minimum atomic E-state index is -0.413. The van der Waals surface area contributed by atoms with Crippen molar-refractivity contribution in [2.75, 3.05) is 12.4 Å². The molecule has 0 atom stereocenters. The van der Waals surface area contributed by atoms with Gasteiger partial charge in [0.15, 0.2) is 0 Å². The molecule has 3 nitrogen and oxygen atoms in total. The highest BCUT2D eigenvalue weighted by atomic mass is 79.9. The lowest BCUT2D eigenvalue weighted by Crippen LogP contribution is -2.03. The summed E-state index contributed by atoms with van der Waals surface area (Å²) in [6.45, 7) is 0. The maximum atomic E-state index is 11.3. The standard InChI is InChI=1S/C12H12BrNO2/c1-16-12(15)10-5-4-9(3-2-6-13)11(7-10)8-14/h4-5,7H,2-3,6H2,1H3. The number of carbonyl (C=O) groups excluding carboxylic acids is 1. The van der Waals surface area contributed by atoms with E-state index in [1.54, 1.807) is 12.1 Å². The Kier molecular flexibility index (Phi) is 5.00. The first kappa shape index (κ1) is 12.7. The normalized spacial score (nSPS) is 9.56. The molecule has 1 aromatic carbocycles. The SMILES string of the molecule is COC(=O)c1ccc(CCCBr)c(C#N)c1. The van der Waals surface area contributed by atoms with Gasteiger partial charge in [-0.2, -0.15) is 5.26 Å². The average molecular weight is 282 g/mol. The molecule has 0 aliphatic rings. The molecular formula is C12H12BrNO2. The Bertz CT molecular complexity index is 424. The molecular weight excluding hydrogens is 270 g/mol. The van der Waals surface area contributed by atoms with E-state index in [1.807, 2.05) is 6.07 Å². The predicted octanol–water partition coefficient (Wildman–Crippen LogP) is 2.67. The highest BCUT2D eigenvalue weighted by Gasteiger charge is 2.09. The third-order valence-electron chi connectivity index (χ3n) is 2.23. The number of halogens is 1. The lowest BCUT2D eigenvalue weighted by atomic mass is 10.0. The number of esters is 1. The van der Waals surface area contributed by atoms with Gasteiger partial charge in [-0.1, -0.05) is 22.0 Å². The van der Waals surface area contributed by atoms with Crippen LogP contribution in [-0.2, 0) is 11.2 Å². The Hall–Kier alpha value is -1.34. The van der Waals surface area contributed by atoms with Crippen LogP contribution in [0, 0.1) is 11.3 Å². The zero-order chi connectivity index (χ0) is 12.0. The van der Waals surface area contributed by atoms with E-state index in [0.717, 1.165) is 23.7 Å². The fourth-order valence-electron chi connectivity index (χ4n) is 1.40. The van der Waals surface area contributed by atoms with Gasteiger partial charge in [0.1, 0.15) is 0 Å². The van der Waals surface area contributed by atoms with Crippen molar-refractivity contribution in [1.82, 2.24) is 0 Å². The Labute approximate surface area is 103 Å². The van der Waals surface area contributed by atoms with Crippen LogP contribution in [0.3, 0.4) is 0 Å². The van der Waals surface area contributed by atoms with Crippen molar-refractivity contribution in [1.29, 1.82) is 5.26 Å². The molecule has 4 heteroatoms. The molecule has 0 unspecified atom stereocenters. The van der Waals surface area contributed by atoms with Gasteiger partial charge in [0.25, 0.3) is 0 Å². The summed E-state index contributed by atoms with van der Waals surface area (Å²) in [5.41, 5.74) is 1.93. The number of alkyl halides is 1. The molecule has 84 valence electrons. The first-order valence-electron chi connectivity index (χ1n) is 4.90. The number of methoxy groups -OCH3 is 1. The molecule has 0 N–H and O–H groups in total. The van der Waals surface area contributed by atoms with E-state index in [9.17, 15) is 4.79 Å². The fraction of sp³-hybridized carbons (Fsp3) is 0.333. The van der Waals surface area contributed by atoms with Gasteiger partial charge in [-0.15, -0.1) is 0 Å². The van der Waals surface area contributed by atoms with Crippen LogP contribution in [0.2, 0.25) is 0 Å². The monoisotopic (exact) mass is 281 g/mol. The Morgan fingerprint density at radius 2 is 2.31 bits per heavy atom. The van der Waals surface area contributed by atoms with Crippen molar-refractivity contribution in [3.8, 4) is 6.07 Å². The molecule has 0 bridgehead atoms. The van der Waals surface area contributed by atoms with Crippen LogP contribution in [0.4, 0.5) is 0 Å². The maximum Gasteiger partial charge on any atom is 0.337 e. The van der Waals surface area contributed by atoms with Gasteiger partial charge >= 0.3 is 5.97 Å². The third kappa shape index (κ3) is 3.07. The number of hydrogen-bond acceptors (Lipinski definition) is 3. The number of hydrogen-bond donors (Lipinski definition) is 0. The number of benzene rings is 1. The topological polar surface area (TPSA) is 50.1 Å². The predicted molar refractivity (Wildman–Crippen MR) is 64.6 cm³/mol. The van der Waals surface area contributed by atoms with Crippen LogP contribution in [0.1, 0.15) is 27.9 Å². The summed E-state index contributed by atoms with van der Waals surface area (Å²) >= 11 is 3.35. The number of rotatable bonds is 4. The van der Waals surface area contributed by atoms with Crippen LogP contribution in [0.25, 0.3) is 0 Å². The van der Waals surface area contributed by atoms with Crippen molar-refractivity contribution < 1.29 is 9.53 Å². The van der Waals surface area contributed by atoms with E-state index in [2.05, 4.69) is 26.7 Å². The van der Waals surface area contributed by atoms with Gasteiger partial charge in [0, 0.05) is 5.33 Å². The molecule has 1 rings (SSSR count). The van der Waals surface area contributed by atoms with Crippen molar-refractivity contribution in [2.24, 2.45) is 0 Å². The lowest BCUT2D eigenvalue weighted by molar-refractivity contribution is 0.0600. The molecule has 0 aliphatic carbocycles.